The number of anilines is 2. The van der Waals surface area contributed by atoms with Gasteiger partial charge in [0.25, 0.3) is 0 Å². The molecule has 0 aliphatic heterocycles. The summed E-state index contributed by atoms with van der Waals surface area (Å²) in [5.41, 5.74) is 3.13. The maximum absolute atomic E-state index is 13.0. The summed E-state index contributed by atoms with van der Waals surface area (Å²) in [5.74, 6) is 1.42. The quantitative estimate of drug-likeness (QED) is 0.488. The third-order valence-electron chi connectivity index (χ3n) is 5.35. The predicted molar refractivity (Wildman–Crippen MR) is 131 cm³/mol. The summed E-state index contributed by atoms with van der Waals surface area (Å²) in [6, 6.07) is 4.96. The van der Waals surface area contributed by atoms with Crippen LogP contribution in [0.3, 0.4) is 0 Å². The van der Waals surface area contributed by atoms with E-state index in [0.29, 0.717) is 24.5 Å². The first-order valence-corrected chi connectivity index (χ1v) is 13.5. The van der Waals surface area contributed by atoms with E-state index in [-0.39, 0.29) is 16.6 Å². The molecule has 1 heterocycles. The van der Waals surface area contributed by atoms with Gasteiger partial charge in [0.1, 0.15) is 5.76 Å². The highest BCUT2D eigenvalue weighted by atomic mass is 32.2. The number of carbonyl (C=O) groups excluding carboxylic acids is 1. The molecule has 2 rings (SSSR count). The Hall–Kier alpha value is -2.04. The molecule has 0 spiro atoms. The Labute approximate surface area is 195 Å². The largest absolute Gasteiger partial charge is 0.370 e. The minimum Gasteiger partial charge on any atom is -0.370 e. The lowest BCUT2D eigenvalue weighted by atomic mass is 10.2. The Morgan fingerprint density at radius 1 is 1.09 bits per heavy atom. The van der Waals surface area contributed by atoms with Gasteiger partial charge in [-0.25, -0.2) is 8.42 Å². The number of nitrogens with one attached hydrogen (secondary N) is 1. The fourth-order valence-electron chi connectivity index (χ4n) is 3.47. The molecule has 10 heteroatoms. The van der Waals surface area contributed by atoms with Crippen LogP contribution in [0.25, 0.3) is 0 Å². The molecule has 1 N–H and O–H groups in total. The van der Waals surface area contributed by atoms with Crippen LogP contribution >= 0.6 is 11.8 Å². The summed E-state index contributed by atoms with van der Waals surface area (Å²) in [6.07, 6.45) is 0. The van der Waals surface area contributed by atoms with Crippen LogP contribution in [0.4, 0.5) is 11.4 Å². The van der Waals surface area contributed by atoms with Crippen LogP contribution in [0.1, 0.15) is 44.7 Å². The monoisotopic (exact) mass is 482 g/mol. The molecule has 32 heavy (non-hydrogen) atoms. The number of benzene rings is 1. The van der Waals surface area contributed by atoms with Crippen molar-refractivity contribution < 1.29 is 17.7 Å². The van der Waals surface area contributed by atoms with Gasteiger partial charge in [0.15, 0.2) is 0 Å². The highest BCUT2D eigenvalue weighted by Crippen LogP contribution is 2.30. The standard InChI is InChI=1S/C22H34N4O4S2/c1-7-25(8-2)21-12-11-18(32(28,29)26(9-3)10-4)13-20(21)23-22(27)15-31-14-19-16(5)24-30-17(19)6/h11-13H,7-10,14-15H2,1-6H3,(H,23,27). The number of rotatable bonds is 12. The van der Waals surface area contributed by atoms with Gasteiger partial charge in [-0.2, -0.15) is 4.31 Å². The molecule has 0 aliphatic rings. The van der Waals surface area contributed by atoms with E-state index in [2.05, 4.69) is 15.4 Å². The van der Waals surface area contributed by atoms with E-state index in [9.17, 15) is 13.2 Å². The molecular weight excluding hydrogens is 448 g/mol. The van der Waals surface area contributed by atoms with E-state index in [0.717, 1.165) is 35.8 Å². The molecular formula is C22H34N4O4S2. The maximum atomic E-state index is 13.0. The van der Waals surface area contributed by atoms with Gasteiger partial charge in [-0.1, -0.05) is 19.0 Å². The van der Waals surface area contributed by atoms with E-state index >= 15 is 0 Å². The number of aromatic nitrogens is 1. The molecule has 0 unspecified atom stereocenters. The van der Waals surface area contributed by atoms with Gasteiger partial charge in [-0.3, -0.25) is 4.79 Å². The second-order valence-corrected chi connectivity index (χ2v) is 10.2. The zero-order valence-corrected chi connectivity index (χ0v) is 21.4. The molecule has 0 bridgehead atoms. The number of nitrogens with zero attached hydrogens (tertiary/aromatic N) is 3. The number of thioether (sulfide) groups is 1. The van der Waals surface area contributed by atoms with Crippen LogP contribution in [-0.2, 0) is 20.6 Å². The minimum absolute atomic E-state index is 0.177. The molecule has 0 radical (unpaired) electrons. The van der Waals surface area contributed by atoms with E-state index in [1.54, 1.807) is 18.2 Å². The lowest BCUT2D eigenvalue weighted by molar-refractivity contribution is -0.113. The molecule has 178 valence electrons. The lowest BCUT2D eigenvalue weighted by Gasteiger charge is -2.26. The minimum atomic E-state index is -3.63. The average Bonchev–Trinajstić information content (AvgIpc) is 3.08. The van der Waals surface area contributed by atoms with Crippen molar-refractivity contribution in [2.24, 2.45) is 0 Å². The maximum Gasteiger partial charge on any atom is 0.243 e. The number of sulfonamides is 1. The molecule has 1 aromatic heterocycles. The van der Waals surface area contributed by atoms with Gasteiger partial charge in [-0.15, -0.1) is 11.8 Å². The van der Waals surface area contributed by atoms with Crippen molar-refractivity contribution in [1.82, 2.24) is 9.46 Å². The van der Waals surface area contributed by atoms with Crippen molar-refractivity contribution in [2.75, 3.05) is 42.1 Å². The van der Waals surface area contributed by atoms with E-state index in [1.807, 2.05) is 41.5 Å². The summed E-state index contributed by atoms with van der Waals surface area (Å²) in [5, 5.41) is 6.87. The summed E-state index contributed by atoms with van der Waals surface area (Å²) >= 11 is 1.46. The number of aryl methyl sites for hydroxylation is 2. The Kier molecular flexibility index (Phi) is 9.60. The second kappa shape index (κ2) is 11.7. The summed E-state index contributed by atoms with van der Waals surface area (Å²) < 4.78 is 32.6. The fraction of sp³-hybridized carbons (Fsp3) is 0.545. The number of amides is 1. The first-order valence-electron chi connectivity index (χ1n) is 10.9. The molecule has 0 saturated carbocycles. The summed E-state index contributed by atoms with van der Waals surface area (Å²) in [6.45, 7) is 13.6. The molecule has 1 amide bonds. The van der Waals surface area contributed by atoms with Gasteiger partial charge in [-0.05, 0) is 45.9 Å². The molecule has 8 nitrogen and oxygen atoms in total. The van der Waals surface area contributed by atoms with Crippen LogP contribution in [-0.4, -0.2) is 55.7 Å². The second-order valence-electron chi connectivity index (χ2n) is 7.28. The highest BCUT2D eigenvalue weighted by Gasteiger charge is 2.24. The van der Waals surface area contributed by atoms with Crippen molar-refractivity contribution in [3.05, 3.63) is 35.2 Å². The normalized spacial score (nSPS) is 11.7. The molecule has 0 saturated heterocycles. The Morgan fingerprint density at radius 2 is 1.75 bits per heavy atom. The van der Waals surface area contributed by atoms with Crippen LogP contribution in [0.2, 0.25) is 0 Å². The van der Waals surface area contributed by atoms with Gasteiger partial charge in [0, 0.05) is 37.5 Å². The van der Waals surface area contributed by atoms with E-state index in [4.69, 9.17) is 4.52 Å². The fourth-order valence-corrected chi connectivity index (χ4v) is 5.93. The van der Waals surface area contributed by atoms with Crippen molar-refractivity contribution in [1.29, 1.82) is 0 Å². The van der Waals surface area contributed by atoms with Gasteiger partial charge < -0.3 is 14.7 Å². The number of hydrogen-bond donors (Lipinski definition) is 1. The van der Waals surface area contributed by atoms with Crippen molar-refractivity contribution >= 4 is 39.1 Å². The number of hydrogen-bond acceptors (Lipinski definition) is 7. The molecule has 0 aliphatic carbocycles. The predicted octanol–water partition coefficient (Wildman–Crippen LogP) is 4.04. The summed E-state index contributed by atoms with van der Waals surface area (Å²) in [7, 11) is -3.63. The molecule has 0 atom stereocenters. The number of carbonyl (C=O) groups is 1. The third kappa shape index (κ3) is 6.05. The SMILES string of the molecule is CCN(CC)c1ccc(S(=O)(=O)N(CC)CC)cc1NC(=O)CSCc1c(C)noc1C. The van der Waals surface area contributed by atoms with Crippen LogP contribution in [0, 0.1) is 13.8 Å². The van der Waals surface area contributed by atoms with E-state index < -0.39 is 10.0 Å². The van der Waals surface area contributed by atoms with Gasteiger partial charge in [0.05, 0.1) is 27.7 Å². The first-order chi connectivity index (χ1) is 15.2. The van der Waals surface area contributed by atoms with E-state index in [1.165, 1.54) is 16.1 Å². The Morgan fingerprint density at radius 3 is 2.28 bits per heavy atom. The topological polar surface area (TPSA) is 95.8 Å². The molecule has 1 aromatic carbocycles. The van der Waals surface area contributed by atoms with Gasteiger partial charge >= 0.3 is 0 Å². The third-order valence-corrected chi connectivity index (χ3v) is 8.36. The zero-order valence-electron chi connectivity index (χ0n) is 19.8. The summed E-state index contributed by atoms with van der Waals surface area (Å²) in [4.78, 5) is 15.0. The van der Waals surface area contributed by atoms with Crippen LogP contribution in [0.5, 0.6) is 0 Å². The highest BCUT2D eigenvalue weighted by molar-refractivity contribution is 7.99. The van der Waals surface area contributed by atoms with Crippen LogP contribution < -0.4 is 10.2 Å². The van der Waals surface area contributed by atoms with Crippen molar-refractivity contribution in [2.45, 2.75) is 52.2 Å². The Balaban J connectivity index is 2.25. The molecule has 2 aromatic rings. The molecule has 0 fully saturated rings. The van der Waals surface area contributed by atoms with Crippen LogP contribution in [0.15, 0.2) is 27.6 Å². The zero-order chi connectivity index (χ0) is 23.9. The smallest absolute Gasteiger partial charge is 0.243 e. The van der Waals surface area contributed by atoms with Crippen molar-refractivity contribution in [3.63, 3.8) is 0 Å². The Bertz CT molecular complexity index is 993. The lowest BCUT2D eigenvalue weighted by Crippen LogP contribution is -2.31. The van der Waals surface area contributed by atoms with Gasteiger partial charge in [0.2, 0.25) is 15.9 Å². The van der Waals surface area contributed by atoms with Crippen molar-refractivity contribution in [3.8, 4) is 0 Å². The first kappa shape index (κ1) is 26.2. The average molecular weight is 483 g/mol.